The summed E-state index contributed by atoms with van der Waals surface area (Å²) in [4.78, 5) is 7.89. The second-order valence-electron chi connectivity index (χ2n) is 2.97. The zero-order chi connectivity index (χ0) is 9.80. The van der Waals surface area contributed by atoms with Crippen molar-refractivity contribution >= 4 is 5.82 Å². The maximum absolute atomic E-state index is 4.06. The number of aromatic amines is 1. The lowest BCUT2D eigenvalue weighted by Crippen LogP contribution is -2.01. The van der Waals surface area contributed by atoms with Crippen LogP contribution >= 0.6 is 0 Å². The number of hydrogen-bond acceptors (Lipinski definition) is 4. The van der Waals surface area contributed by atoms with Crippen LogP contribution < -0.4 is 5.32 Å². The fourth-order valence-electron chi connectivity index (χ4n) is 1.13. The lowest BCUT2D eigenvalue weighted by molar-refractivity contribution is 1.03. The molecular weight excluding hydrogens is 178 g/mol. The molecule has 0 atom stereocenters. The van der Waals surface area contributed by atoms with E-state index < -0.39 is 0 Å². The van der Waals surface area contributed by atoms with Gasteiger partial charge in [0, 0.05) is 24.0 Å². The molecule has 0 amide bonds. The summed E-state index contributed by atoms with van der Waals surface area (Å²) in [6.07, 6.45) is 5.03. The summed E-state index contributed by atoms with van der Waals surface area (Å²) in [5.41, 5.74) is 2.22. The van der Waals surface area contributed by atoms with Crippen molar-refractivity contribution in [3.8, 4) is 0 Å². The van der Waals surface area contributed by atoms with Crippen LogP contribution in [0.25, 0.3) is 0 Å². The highest BCUT2D eigenvalue weighted by Crippen LogP contribution is 2.06. The Morgan fingerprint density at radius 3 is 3.07 bits per heavy atom. The van der Waals surface area contributed by atoms with Crippen molar-refractivity contribution in [2.24, 2.45) is 0 Å². The first-order valence-corrected chi connectivity index (χ1v) is 4.35. The molecule has 2 N–H and O–H groups in total. The van der Waals surface area contributed by atoms with E-state index in [0.29, 0.717) is 0 Å². The second kappa shape index (κ2) is 3.87. The molecule has 2 aromatic rings. The quantitative estimate of drug-likeness (QED) is 0.759. The van der Waals surface area contributed by atoms with Gasteiger partial charge in [0.25, 0.3) is 0 Å². The highest BCUT2D eigenvalue weighted by molar-refractivity contribution is 5.33. The summed E-state index contributed by atoms with van der Waals surface area (Å²) in [7, 11) is 0. The van der Waals surface area contributed by atoms with Gasteiger partial charge in [-0.1, -0.05) is 0 Å². The smallest absolute Gasteiger partial charge is 0.129 e. The largest absolute Gasteiger partial charge is 0.366 e. The van der Waals surface area contributed by atoms with Crippen molar-refractivity contribution in [3.63, 3.8) is 0 Å². The van der Waals surface area contributed by atoms with Crippen LogP contribution in [0.1, 0.15) is 11.3 Å². The Bertz CT molecular complexity index is 395. The Hall–Kier alpha value is -1.91. The summed E-state index contributed by atoms with van der Waals surface area (Å²) in [5, 5.41) is 10.00. The molecule has 0 saturated carbocycles. The van der Waals surface area contributed by atoms with Gasteiger partial charge in [-0.2, -0.15) is 5.10 Å². The van der Waals surface area contributed by atoms with Crippen LogP contribution in [0, 0.1) is 6.92 Å². The number of nitrogens with zero attached hydrogens (tertiary/aromatic N) is 3. The summed E-state index contributed by atoms with van der Waals surface area (Å²) < 4.78 is 0. The van der Waals surface area contributed by atoms with E-state index in [9.17, 15) is 0 Å². The molecule has 2 heterocycles. The van der Waals surface area contributed by atoms with Crippen molar-refractivity contribution in [3.05, 3.63) is 36.0 Å². The van der Waals surface area contributed by atoms with Crippen LogP contribution in [0.4, 0.5) is 5.82 Å². The fourth-order valence-corrected chi connectivity index (χ4v) is 1.13. The zero-order valence-electron chi connectivity index (χ0n) is 7.86. The number of nitrogens with one attached hydrogen (secondary N) is 2. The van der Waals surface area contributed by atoms with Crippen LogP contribution in [0.2, 0.25) is 0 Å². The third-order valence-electron chi connectivity index (χ3n) is 1.98. The summed E-state index contributed by atoms with van der Waals surface area (Å²) >= 11 is 0. The van der Waals surface area contributed by atoms with E-state index in [2.05, 4.69) is 25.5 Å². The van der Waals surface area contributed by atoms with Crippen LogP contribution in [0.3, 0.4) is 0 Å². The van der Waals surface area contributed by atoms with E-state index >= 15 is 0 Å². The van der Waals surface area contributed by atoms with Crippen LogP contribution in [-0.4, -0.2) is 20.2 Å². The Balaban J connectivity index is 1.99. The third kappa shape index (κ3) is 1.87. The Labute approximate surface area is 81.6 Å². The molecule has 5 heteroatoms. The van der Waals surface area contributed by atoms with Crippen molar-refractivity contribution in [2.75, 3.05) is 5.32 Å². The molecule has 14 heavy (non-hydrogen) atoms. The minimum absolute atomic E-state index is 0.722. The number of aromatic nitrogens is 4. The molecule has 0 aromatic carbocycles. The lowest BCUT2D eigenvalue weighted by Gasteiger charge is -2.02. The number of aryl methyl sites for hydroxylation is 1. The minimum atomic E-state index is 0.722. The standard InChI is InChI=1S/C9H11N5/c1-7-8(5-13-14-7)4-11-9-2-3-10-6-12-9/h2-3,5-6H,4H2,1H3,(H,13,14)(H,10,11,12). The van der Waals surface area contributed by atoms with E-state index in [0.717, 1.165) is 23.6 Å². The fraction of sp³-hybridized carbons (Fsp3) is 0.222. The SMILES string of the molecule is Cc1[nH]ncc1CNc1ccncn1. The van der Waals surface area contributed by atoms with E-state index in [1.807, 2.05) is 19.2 Å². The molecule has 5 nitrogen and oxygen atoms in total. The minimum Gasteiger partial charge on any atom is -0.366 e. The molecule has 0 bridgehead atoms. The molecule has 0 spiro atoms. The van der Waals surface area contributed by atoms with E-state index in [1.54, 1.807) is 6.20 Å². The van der Waals surface area contributed by atoms with Crippen molar-refractivity contribution in [2.45, 2.75) is 13.5 Å². The molecule has 0 aliphatic carbocycles. The van der Waals surface area contributed by atoms with E-state index in [1.165, 1.54) is 6.33 Å². The van der Waals surface area contributed by atoms with Gasteiger partial charge >= 0.3 is 0 Å². The van der Waals surface area contributed by atoms with Crippen LogP contribution in [-0.2, 0) is 6.54 Å². The van der Waals surface area contributed by atoms with Crippen molar-refractivity contribution in [1.29, 1.82) is 0 Å². The maximum Gasteiger partial charge on any atom is 0.129 e. The van der Waals surface area contributed by atoms with E-state index in [-0.39, 0.29) is 0 Å². The first kappa shape index (κ1) is 8.68. The summed E-state index contributed by atoms with van der Waals surface area (Å²) in [5.74, 6) is 0.820. The molecule has 0 radical (unpaired) electrons. The first-order chi connectivity index (χ1) is 6.86. The topological polar surface area (TPSA) is 66.5 Å². The molecule has 0 aliphatic heterocycles. The highest BCUT2D eigenvalue weighted by atomic mass is 15.1. The van der Waals surface area contributed by atoms with Gasteiger partial charge in [-0.15, -0.1) is 0 Å². The van der Waals surface area contributed by atoms with Crippen LogP contribution in [0.15, 0.2) is 24.8 Å². The second-order valence-corrected chi connectivity index (χ2v) is 2.97. The first-order valence-electron chi connectivity index (χ1n) is 4.35. The molecule has 0 aliphatic rings. The molecule has 0 fully saturated rings. The average Bonchev–Trinajstić information content (AvgIpc) is 2.63. The Kier molecular flexibility index (Phi) is 2.40. The Morgan fingerprint density at radius 2 is 2.43 bits per heavy atom. The highest BCUT2D eigenvalue weighted by Gasteiger charge is 1.99. The maximum atomic E-state index is 4.06. The normalized spacial score (nSPS) is 10.1. The van der Waals surface area contributed by atoms with Gasteiger partial charge in [0.1, 0.15) is 12.1 Å². The Morgan fingerprint density at radius 1 is 1.50 bits per heavy atom. The van der Waals surface area contributed by atoms with Gasteiger partial charge in [0.05, 0.1) is 6.20 Å². The molecule has 2 rings (SSSR count). The van der Waals surface area contributed by atoms with Gasteiger partial charge in [0.15, 0.2) is 0 Å². The number of anilines is 1. The third-order valence-corrected chi connectivity index (χ3v) is 1.98. The zero-order valence-corrected chi connectivity index (χ0v) is 7.86. The molecule has 0 saturated heterocycles. The molecule has 72 valence electrons. The van der Waals surface area contributed by atoms with Gasteiger partial charge in [-0.05, 0) is 13.0 Å². The van der Waals surface area contributed by atoms with Gasteiger partial charge < -0.3 is 5.32 Å². The molecule has 2 aromatic heterocycles. The van der Waals surface area contributed by atoms with Crippen molar-refractivity contribution in [1.82, 2.24) is 20.2 Å². The predicted molar refractivity (Wildman–Crippen MR) is 52.7 cm³/mol. The average molecular weight is 189 g/mol. The molecule has 0 unspecified atom stereocenters. The number of hydrogen-bond donors (Lipinski definition) is 2. The number of H-pyrrole nitrogens is 1. The van der Waals surface area contributed by atoms with Gasteiger partial charge in [-0.25, -0.2) is 9.97 Å². The van der Waals surface area contributed by atoms with Crippen molar-refractivity contribution < 1.29 is 0 Å². The summed E-state index contributed by atoms with van der Waals surface area (Å²) in [6.45, 7) is 2.71. The molecular formula is C9H11N5. The monoisotopic (exact) mass is 189 g/mol. The predicted octanol–water partition coefficient (Wildman–Crippen LogP) is 1.12. The lowest BCUT2D eigenvalue weighted by atomic mass is 10.2. The van der Waals surface area contributed by atoms with Crippen LogP contribution in [0.5, 0.6) is 0 Å². The van der Waals surface area contributed by atoms with Gasteiger partial charge in [0.2, 0.25) is 0 Å². The number of rotatable bonds is 3. The summed E-state index contributed by atoms with van der Waals surface area (Å²) in [6, 6.07) is 1.83. The van der Waals surface area contributed by atoms with E-state index in [4.69, 9.17) is 0 Å². The van der Waals surface area contributed by atoms with Gasteiger partial charge in [-0.3, -0.25) is 5.10 Å².